The molecule has 1 atom stereocenters. The Morgan fingerprint density at radius 2 is 1.87 bits per heavy atom. The van der Waals surface area contributed by atoms with Crippen molar-refractivity contribution in [1.29, 1.82) is 0 Å². The second-order valence-electron chi connectivity index (χ2n) is 5.52. The predicted molar refractivity (Wildman–Crippen MR) is 86.9 cm³/mol. The van der Waals surface area contributed by atoms with Gasteiger partial charge >= 0.3 is 0 Å². The summed E-state index contributed by atoms with van der Waals surface area (Å²) >= 11 is 0. The van der Waals surface area contributed by atoms with Crippen LogP contribution in [0.5, 0.6) is 0 Å². The Morgan fingerprint density at radius 1 is 1.22 bits per heavy atom. The first kappa shape index (κ1) is 19.5. The Morgan fingerprint density at radius 3 is 2.43 bits per heavy atom. The van der Waals surface area contributed by atoms with Gasteiger partial charge in [-0.3, -0.25) is 4.79 Å². The normalized spacial score (nSPS) is 13.1. The van der Waals surface area contributed by atoms with Crippen molar-refractivity contribution < 1.29 is 17.6 Å². The van der Waals surface area contributed by atoms with Crippen LogP contribution >= 0.6 is 0 Å². The van der Waals surface area contributed by atoms with Crippen molar-refractivity contribution in [2.45, 2.75) is 31.2 Å². The summed E-state index contributed by atoms with van der Waals surface area (Å²) in [6, 6.07) is 4.10. The summed E-state index contributed by atoms with van der Waals surface area (Å²) in [5.74, 6) is -1.55. The van der Waals surface area contributed by atoms with Gasteiger partial charge in [-0.1, -0.05) is 26.0 Å². The highest BCUT2D eigenvalue weighted by Gasteiger charge is 2.29. The molecule has 0 radical (unpaired) electrons. The zero-order valence-electron chi connectivity index (χ0n) is 13.6. The Hall–Kier alpha value is -1.51. The molecule has 6 nitrogen and oxygen atoms in total. The molecule has 1 aromatic rings. The van der Waals surface area contributed by atoms with E-state index in [0.717, 1.165) is 19.0 Å². The Balaban J connectivity index is 2.83. The van der Waals surface area contributed by atoms with Crippen LogP contribution in [-0.4, -0.2) is 40.5 Å². The topological polar surface area (TPSA) is 87.3 Å². The molecule has 0 saturated heterocycles. The van der Waals surface area contributed by atoms with E-state index in [1.165, 1.54) is 18.2 Å². The number of amides is 1. The van der Waals surface area contributed by atoms with Gasteiger partial charge in [-0.25, -0.2) is 12.8 Å². The van der Waals surface area contributed by atoms with E-state index in [9.17, 15) is 17.6 Å². The SMILES string of the molecule is CNCCCNC(=O)C(NS(=O)(=O)c1ccccc1F)C(C)C. The quantitative estimate of drug-likeness (QED) is 0.579. The molecule has 0 aliphatic carbocycles. The van der Waals surface area contributed by atoms with Crippen LogP contribution in [0.2, 0.25) is 0 Å². The molecule has 0 saturated carbocycles. The summed E-state index contributed by atoms with van der Waals surface area (Å²) in [6.45, 7) is 4.63. The van der Waals surface area contributed by atoms with Crippen LogP contribution in [0.3, 0.4) is 0 Å². The molecule has 0 aliphatic heterocycles. The first-order valence-electron chi connectivity index (χ1n) is 7.48. The molecule has 1 amide bonds. The molecule has 3 N–H and O–H groups in total. The standard InChI is InChI=1S/C15H24FN3O3S/c1-11(2)14(15(20)18-10-6-9-17-3)19-23(21,22)13-8-5-4-7-12(13)16/h4-5,7-8,11,14,17,19H,6,9-10H2,1-3H3,(H,18,20). The Labute approximate surface area is 136 Å². The predicted octanol–water partition coefficient (Wildman–Crippen LogP) is 0.854. The van der Waals surface area contributed by atoms with E-state index in [-0.39, 0.29) is 5.92 Å². The number of carbonyl (C=O) groups is 1. The highest BCUT2D eigenvalue weighted by Crippen LogP contribution is 2.15. The maximum absolute atomic E-state index is 13.7. The van der Waals surface area contributed by atoms with Crippen molar-refractivity contribution in [2.24, 2.45) is 5.92 Å². The van der Waals surface area contributed by atoms with Crippen LogP contribution < -0.4 is 15.4 Å². The number of sulfonamides is 1. The fourth-order valence-corrected chi connectivity index (χ4v) is 3.40. The lowest BCUT2D eigenvalue weighted by Crippen LogP contribution is -2.50. The third kappa shape index (κ3) is 5.89. The first-order valence-corrected chi connectivity index (χ1v) is 8.97. The van der Waals surface area contributed by atoms with Gasteiger partial charge in [-0.05, 0) is 38.1 Å². The van der Waals surface area contributed by atoms with Gasteiger partial charge in [0, 0.05) is 6.54 Å². The number of benzene rings is 1. The zero-order chi connectivity index (χ0) is 17.5. The molecular weight excluding hydrogens is 321 g/mol. The van der Waals surface area contributed by atoms with Crippen LogP contribution in [0.1, 0.15) is 20.3 Å². The molecule has 130 valence electrons. The molecule has 0 fully saturated rings. The summed E-state index contributed by atoms with van der Waals surface area (Å²) in [5, 5.41) is 5.64. The van der Waals surface area contributed by atoms with E-state index in [1.54, 1.807) is 20.9 Å². The zero-order valence-corrected chi connectivity index (χ0v) is 14.4. The minimum absolute atomic E-state index is 0.277. The highest BCUT2D eigenvalue weighted by molar-refractivity contribution is 7.89. The molecule has 0 bridgehead atoms. The second-order valence-corrected chi connectivity index (χ2v) is 7.20. The third-order valence-corrected chi connectivity index (χ3v) is 4.73. The van der Waals surface area contributed by atoms with Crippen LogP contribution in [0, 0.1) is 11.7 Å². The number of hydrogen-bond acceptors (Lipinski definition) is 4. The maximum Gasteiger partial charge on any atom is 0.244 e. The van der Waals surface area contributed by atoms with Crippen molar-refractivity contribution in [3.8, 4) is 0 Å². The minimum atomic E-state index is -4.11. The Kier molecular flexibility index (Phi) is 7.60. The summed E-state index contributed by atoms with van der Waals surface area (Å²) in [7, 11) is -2.31. The molecule has 0 spiro atoms. The number of nitrogens with one attached hydrogen (secondary N) is 3. The van der Waals surface area contributed by atoms with Crippen molar-refractivity contribution in [3.05, 3.63) is 30.1 Å². The second kappa shape index (κ2) is 8.95. The van der Waals surface area contributed by atoms with Crippen molar-refractivity contribution in [3.63, 3.8) is 0 Å². The number of rotatable bonds is 9. The molecule has 1 unspecified atom stereocenters. The van der Waals surface area contributed by atoms with Crippen molar-refractivity contribution in [1.82, 2.24) is 15.4 Å². The van der Waals surface area contributed by atoms with Crippen LogP contribution in [0.25, 0.3) is 0 Å². The van der Waals surface area contributed by atoms with Gasteiger partial charge in [0.25, 0.3) is 0 Å². The average Bonchev–Trinajstić information content (AvgIpc) is 2.49. The largest absolute Gasteiger partial charge is 0.355 e. The molecule has 0 aromatic heterocycles. The van der Waals surface area contributed by atoms with Crippen LogP contribution in [-0.2, 0) is 14.8 Å². The third-order valence-electron chi connectivity index (χ3n) is 3.26. The lowest BCUT2D eigenvalue weighted by atomic mass is 10.1. The van der Waals surface area contributed by atoms with E-state index in [4.69, 9.17) is 0 Å². The summed E-state index contributed by atoms with van der Waals surface area (Å²) in [6.07, 6.45) is 0.729. The first-order chi connectivity index (χ1) is 10.8. The number of hydrogen-bond donors (Lipinski definition) is 3. The van der Waals surface area contributed by atoms with E-state index < -0.39 is 32.7 Å². The van der Waals surface area contributed by atoms with E-state index in [0.29, 0.717) is 6.54 Å². The molecule has 8 heteroatoms. The van der Waals surface area contributed by atoms with Gasteiger partial charge in [0.2, 0.25) is 15.9 Å². The summed E-state index contributed by atoms with van der Waals surface area (Å²) in [5.41, 5.74) is 0. The van der Waals surface area contributed by atoms with Gasteiger partial charge in [0.15, 0.2) is 0 Å². The van der Waals surface area contributed by atoms with Gasteiger partial charge in [0.05, 0.1) is 0 Å². The average molecular weight is 345 g/mol. The number of carbonyl (C=O) groups excluding carboxylic acids is 1. The van der Waals surface area contributed by atoms with E-state index in [1.807, 2.05) is 0 Å². The smallest absolute Gasteiger partial charge is 0.244 e. The van der Waals surface area contributed by atoms with Gasteiger partial charge in [0.1, 0.15) is 16.8 Å². The molecule has 0 aliphatic rings. The van der Waals surface area contributed by atoms with Crippen LogP contribution in [0.15, 0.2) is 29.2 Å². The van der Waals surface area contributed by atoms with Gasteiger partial charge < -0.3 is 10.6 Å². The summed E-state index contributed by atoms with van der Waals surface area (Å²) in [4.78, 5) is 11.7. The number of halogens is 1. The fourth-order valence-electron chi connectivity index (χ4n) is 1.97. The lowest BCUT2D eigenvalue weighted by Gasteiger charge is -2.21. The van der Waals surface area contributed by atoms with Crippen molar-refractivity contribution in [2.75, 3.05) is 20.1 Å². The van der Waals surface area contributed by atoms with Crippen LogP contribution in [0.4, 0.5) is 4.39 Å². The fraction of sp³-hybridized carbons (Fsp3) is 0.533. The van der Waals surface area contributed by atoms with Crippen molar-refractivity contribution >= 4 is 15.9 Å². The molecular formula is C15H24FN3O3S. The van der Waals surface area contributed by atoms with E-state index >= 15 is 0 Å². The maximum atomic E-state index is 13.7. The van der Waals surface area contributed by atoms with E-state index in [2.05, 4.69) is 15.4 Å². The highest BCUT2D eigenvalue weighted by atomic mass is 32.2. The molecule has 1 aromatic carbocycles. The lowest BCUT2D eigenvalue weighted by molar-refractivity contribution is -0.123. The van der Waals surface area contributed by atoms with Gasteiger partial charge in [-0.2, -0.15) is 4.72 Å². The van der Waals surface area contributed by atoms with Gasteiger partial charge in [-0.15, -0.1) is 0 Å². The molecule has 1 rings (SSSR count). The monoisotopic (exact) mass is 345 g/mol. The molecule has 0 heterocycles. The minimum Gasteiger partial charge on any atom is -0.355 e. The summed E-state index contributed by atoms with van der Waals surface area (Å²) < 4.78 is 40.6. The molecule has 23 heavy (non-hydrogen) atoms. The Bertz CT molecular complexity index is 620.